The first-order valence-corrected chi connectivity index (χ1v) is 6.16. The Morgan fingerprint density at radius 2 is 1.84 bits per heavy atom. The number of halogens is 2. The molecule has 0 fully saturated rings. The quantitative estimate of drug-likeness (QED) is 0.893. The molecule has 1 aromatic carbocycles. The van der Waals surface area contributed by atoms with E-state index in [1.165, 1.54) is 6.07 Å². The van der Waals surface area contributed by atoms with Gasteiger partial charge in [-0.25, -0.2) is 9.78 Å². The second kappa shape index (κ2) is 5.47. The Morgan fingerprint density at radius 1 is 1.21 bits per heavy atom. The maximum Gasteiger partial charge on any atom is 0.337 e. The van der Waals surface area contributed by atoms with E-state index in [1.54, 1.807) is 31.2 Å². The van der Waals surface area contributed by atoms with E-state index in [9.17, 15) is 4.79 Å². The van der Waals surface area contributed by atoms with Crippen LogP contribution in [0, 0.1) is 6.92 Å². The molecule has 98 valence electrons. The Bertz CT molecular complexity index is 624. The van der Waals surface area contributed by atoms with Crippen LogP contribution in [0.25, 0.3) is 0 Å². The average Bonchev–Trinajstić information content (AvgIpc) is 2.33. The summed E-state index contributed by atoms with van der Waals surface area (Å²) in [6, 6.07) is 8.19. The highest BCUT2D eigenvalue weighted by atomic mass is 35.5. The van der Waals surface area contributed by atoms with Crippen LogP contribution < -0.4 is 5.32 Å². The molecule has 0 aliphatic heterocycles. The summed E-state index contributed by atoms with van der Waals surface area (Å²) >= 11 is 12.1. The lowest BCUT2D eigenvalue weighted by Crippen LogP contribution is -2.04. The third-order valence-corrected chi connectivity index (χ3v) is 3.16. The number of hydrogen-bond acceptors (Lipinski definition) is 3. The molecule has 4 nitrogen and oxygen atoms in total. The second-order valence-electron chi connectivity index (χ2n) is 3.86. The highest BCUT2D eigenvalue weighted by Gasteiger charge is 2.10. The van der Waals surface area contributed by atoms with Crippen LogP contribution in [0.1, 0.15) is 16.1 Å². The highest BCUT2D eigenvalue weighted by molar-refractivity contribution is 6.39. The summed E-state index contributed by atoms with van der Waals surface area (Å²) in [5, 5.41) is 12.8. The Balaban J connectivity index is 2.34. The number of anilines is 2. The number of aryl methyl sites for hydroxylation is 1. The van der Waals surface area contributed by atoms with E-state index in [-0.39, 0.29) is 5.56 Å². The van der Waals surface area contributed by atoms with Crippen LogP contribution in [0.3, 0.4) is 0 Å². The molecule has 0 unspecified atom stereocenters. The minimum absolute atomic E-state index is 0.163. The van der Waals surface area contributed by atoms with Crippen molar-refractivity contribution >= 4 is 40.7 Å². The normalized spacial score (nSPS) is 10.3. The third-order valence-electron chi connectivity index (χ3n) is 2.53. The van der Waals surface area contributed by atoms with Crippen LogP contribution in [0.2, 0.25) is 10.0 Å². The van der Waals surface area contributed by atoms with Gasteiger partial charge in [0.2, 0.25) is 0 Å². The fourth-order valence-electron chi connectivity index (χ4n) is 1.60. The first-order valence-electron chi connectivity index (χ1n) is 5.41. The zero-order valence-corrected chi connectivity index (χ0v) is 11.5. The van der Waals surface area contributed by atoms with Gasteiger partial charge in [0.05, 0.1) is 27.0 Å². The lowest BCUT2D eigenvalue weighted by atomic mass is 10.2. The molecule has 0 atom stereocenters. The number of carboxylic acid groups (broad SMARTS) is 1. The van der Waals surface area contributed by atoms with Crippen molar-refractivity contribution in [3.8, 4) is 0 Å². The van der Waals surface area contributed by atoms with Gasteiger partial charge in [-0.05, 0) is 31.2 Å². The first-order chi connectivity index (χ1) is 8.99. The molecule has 2 rings (SSSR count). The predicted octanol–water partition coefficient (Wildman–Crippen LogP) is 4.14. The lowest BCUT2D eigenvalue weighted by molar-refractivity contribution is 0.0695. The molecule has 0 saturated heterocycles. The second-order valence-corrected chi connectivity index (χ2v) is 4.67. The van der Waals surface area contributed by atoms with Crippen molar-refractivity contribution in [3.05, 3.63) is 51.6 Å². The molecule has 0 saturated carbocycles. The van der Waals surface area contributed by atoms with Crippen LogP contribution >= 0.6 is 23.2 Å². The molecule has 1 aromatic heterocycles. The van der Waals surface area contributed by atoms with Crippen molar-refractivity contribution in [2.45, 2.75) is 6.92 Å². The van der Waals surface area contributed by atoms with Crippen LogP contribution in [0.5, 0.6) is 0 Å². The van der Waals surface area contributed by atoms with Gasteiger partial charge >= 0.3 is 5.97 Å². The van der Waals surface area contributed by atoms with Gasteiger partial charge in [0, 0.05) is 0 Å². The Morgan fingerprint density at radius 3 is 2.37 bits per heavy atom. The van der Waals surface area contributed by atoms with E-state index in [2.05, 4.69) is 10.3 Å². The fraction of sp³-hybridized carbons (Fsp3) is 0.0769. The minimum atomic E-state index is -1.01. The largest absolute Gasteiger partial charge is 0.478 e. The fourth-order valence-corrected chi connectivity index (χ4v) is 2.09. The highest BCUT2D eigenvalue weighted by Crippen LogP contribution is 2.32. The maximum atomic E-state index is 10.9. The SMILES string of the molecule is Cc1nc(Nc2c(Cl)cccc2Cl)ccc1C(=O)O. The number of carbonyl (C=O) groups is 1. The predicted molar refractivity (Wildman–Crippen MR) is 75.7 cm³/mol. The van der Waals surface area contributed by atoms with Crippen LogP contribution in [-0.2, 0) is 0 Å². The molecule has 0 amide bonds. The van der Waals surface area contributed by atoms with Crippen molar-refractivity contribution < 1.29 is 9.90 Å². The molecule has 0 radical (unpaired) electrons. The number of pyridine rings is 1. The zero-order chi connectivity index (χ0) is 14.0. The number of para-hydroxylation sites is 1. The molecular formula is C13H10Cl2N2O2. The van der Waals surface area contributed by atoms with E-state index < -0.39 is 5.97 Å². The molecular weight excluding hydrogens is 287 g/mol. The topological polar surface area (TPSA) is 62.2 Å². The van der Waals surface area contributed by atoms with Gasteiger partial charge in [0.1, 0.15) is 5.82 Å². The number of benzene rings is 1. The van der Waals surface area contributed by atoms with E-state index in [0.717, 1.165) is 0 Å². The third kappa shape index (κ3) is 2.97. The first kappa shape index (κ1) is 13.6. The lowest BCUT2D eigenvalue weighted by Gasteiger charge is -2.10. The van der Waals surface area contributed by atoms with Crippen molar-refractivity contribution in [2.75, 3.05) is 5.32 Å². The standard InChI is InChI=1S/C13H10Cl2N2O2/c1-7-8(13(18)19)5-6-11(16-7)17-12-9(14)3-2-4-10(12)15/h2-6H,1H3,(H,16,17)(H,18,19). The molecule has 2 N–H and O–H groups in total. The summed E-state index contributed by atoms with van der Waals surface area (Å²) in [6.07, 6.45) is 0. The summed E-state index contributed by atoms with van der Waals surface area (Å²) in [6.45, 7) is 1.63. The van der Waals surface area contributed by atoms with Gasteiger partial charge in [-0.15, -0.1) is 0 Å². The van der Waals surface area contributed by atoms with Gasteiger partial charge in [-0.3, -0.25) is 0 Å². The summed E-state index contributed by atoms with van der Waals surface area (Å²) in [7, 11) is 0. The Hall–Kier alpha value is -1.78. The minimum Gasteiger partial charge on any atom is -0.478 e. The van der Waals surface area contributed by atoms with Crippen molar-refractivity contribution in [2.24, 2.45) is 0 Å². The number of rotatable bonds is 3. The van der Waals surface area contributed by atoms with E-state index in [0.29, 0.717) is 27.2 Å². The Labute approximate surface area is 120 Å². The average molecular weight is 297 g/mol. The maximum absolute atomic E-state index is 10.9. The molecule has 19 heavy (non-hydrogen) atoms. The van der Waals surface area contributed by atoms with Crippen LogP contribution in [-0.4, -0.2) is 16.1 Å². The summed E-state index contributed by atoms with van der Waals surface area (Å²) in [5.41, 5.74) is 1.12. The van der Waals surface area contributed by atoms with Gasteiger partial charge in [0.25, 0.3) is 0 Å². The number of aromatic nitrogens is 1. The monoisotopic (exact) mass is 296 g/mol. The number of hydrogen-bond donors (Lipinski definition) is 2. The van der Waals surface area contributed by atoms with Crippen LogP contribution in [0.4, 0.5) is 11.5 Å². The van der Waals surface area contributed by atoms with Crippen molar-refractivity contribution in [1.29, 1.82) is 0 Å². The smallest absolute Gasteiger partial charge is 0.337 e. The van der Waals surface area contributed by atoms with Crippen molar-refractivity contribution in [3.63, 3.8) is 0 Å². The van der Waals surface area contributed by atoms with E-state index in [1.807, 2.05) is 0 Å². The number of nitrogens with zero attached hydrogens (tertiary/aromatic N) is 1. The van der Waals surface area contributed by atoms with Gasteiger partial charge in [-0.2, -0.15) is 0 Å². The number of carboxylic acids is 1. The van der Waals surface area contributed by atoms with Gasteiger partial charge in [0.15, 0.2) is 0 Å². The van der Waals surface area contributed by atoms with Crippen LogP contribution in [0.15, 0.2) is 30.3 Å². The summed E-state index contributed by atoms with van der Waals surface area (Å²) < 4.78 is 0. The molecule has 0 bridgehead atoms. The zero-order valence-electron chi connectivity index (χ0n) is 9.95. The number of aromatic carboxylic acids is 1. The molecule has 1 heterocycles. The molecule has 0 aliphatic carbocycles. The molecule has 0 spiro atoms. The van der Waals surface area contributed by atoms with E-state index >= 15 is 0 Å². The summed E-state index contributed by atoms with van der Waals surface area (Å²) in [4.78, 5) is 15.1. The molecule has 2 aromatic rings. The van der Waals surface area contributed by atoms with E-state index in [4.69, 9.17) is 28.3 Å². The van der Waals surface area contributed by atoms with Gasteiger partial charge in [-0.1, -0.05) is 29.3 Å². The number of nitrogens with one attached hydrogen (secondary N) is 1. The Kier molecular flexibility index (Phi) is 3.93. The van der Waals surface area contributed by atoms with Gasteiger partial charge < -0.3 is 10.4 Å². The summed E-state index contributed by atoms with van der Waals surface area (Å²) in [5.74, 6) is -0.523. The molecule has 6 heteroatoms. The van der Waals surface area contributed by atoms with Crippen molar-refractivity contribution in [1.82, 2.24) is 4.98 Å². The molecule has 0 aliphatic rings.